The Bertz CT molecular complexity index is 864. The van der Waals surface area contributed by atoms with Crippen LogP contribution in [0.3, 0.4) is 0 Å². The average molecular weight is 484 g/mol. The number of nitrogens with one attached hydrogen (secondary N) is 3. The van der Waals surface area contributed by atoms with Crippen molar-refractivity contribution in [2.75, 3.05) is 44.3 Å². The topological polar surface area (TPSA) is 79.5 Å². The van der Waals surface area contributed by atoms with Gasteiger partial charge in [-0.05, 0) is 75.1 Å². The minimum Gasteiger partial charge on any atom is -0.495 e. The second-order valence-electron chi connectivity index (χ2n) is 7.81. The van der Waals surface area contributed by atoms with Crippen LogP contribution in [-0.4, -0.2) is 48.0 Å². The molecule has 0 aliphatic carbocycles. The zero-order valence-corrected chi connectivity index (χ0v) is 20.9. The Labute approximate surface area is 200 Å². The molecule has 0 unspecified atom stereocenters. The van der Waals surface area contributed by atoms with Crippen molar-refractivity contribution in [1.82, 2.24) is 10.6 Å². The lowest BCUT2D eigenvalue weighted by Gasteiger charge is -2.12. The minimum absolute atomic E-state index is 0. The summed E-state index contributed by atoms with van der Waals surface area (Å²) in [5, 5.41) is 7.00. The van der Waals surface area contributed by atoms with Crippen LogP contribution in [0.25, 0.3) is 0 Å². The van der Waals surface area contributed by atoms with Crippen LogP contribution in [0.2, 0.25) is 0 Å². The van der Waals surface area contributed by atoms with Crippen molar-refractivity contribution in [3.8, 4) is 5.75 Å². The molecule has 0 saturated heterocycles. The number of hydrogen-bond acceptors (Lipinski definition) is 5. The van der Waals surface area contributed by atoms with Crippen LogP contribution in [0, 0.1) is 0 Å². The van der Waals surface area contributed by atoms with E-state index in [4.69, 9.17) is 4.74 Å². The molecule has 3 N–H and O–H groups in total. The van der Waals surface area contributed by atoms with Gasteiger partial charge in [0.1, 0.15) is 5.75 Å². The predicted octanol–water partition coefficient (Wildman–Crippen LogP) is 4.01. The first-order chi connectivity index (χ1) is 15.0. The van der Waals surface area contributed by atoms with Gasteiger partial charge in [-0.3, -0.25) is 4.72 Å². The summed E-state index contributed by atoms with van der Waals surface area (Å²) in [4.78, 5) is 0. The normalized spacial score (nSPS) is 11.1. The summed E-state index contributed by atoms with van der Waals surface area (Å²) in [5.74, 6) is 0.525. The number of unbranched alkanes of at least 4 members (excludes halogenated alkanes) is 3. The van der Waals surface area contributed by atoms with E-state index >= 15 is 0 Å². The van der Waals surface area contributed by atoms with Crippen LogP contribution < -0.4 is 20.1 Å². The third-order valence-corrected chi connectivity index (χ3v) is 5.63. The monoisotopic (exact) mass is 483 g/mol. The maximum Gasteiger partial charge on any atom is 0.229 e. The molecular weight excluding hydrogens is 446 g/mol. The molecule has 6 nitrogen and oxygen atoms in total. The van der Waals surface area contributed by atoms with Gasteiger partial charge in [-0.25, -0.2) is 8.42 Å². The Hall–Kier alpha value is -1.80. The van der Waals surface area contributed by atoms with E-state index in [2.05, 4.69) is 45.7 Å². The molecule has 180 valence electrons. The Morgan fingerprint density at radius 2 is 1.38 bits per heavy atom. The van der Waals surface area contributed by atoms with Gasteiger partial charge in [-0.15, -0.1) is 12.4 Å². The van der Waals surface area contributed by atoms with E-state index in [0.717, 1.165) is 50.8 Å². The van der Waals surface area contributed by atoms with Crippen molar-refractivity contribution >= 4 is 28.1 Å². The summed E-state index contributed by atoms with van der Waals surface area (Å²) in [6, 6.07) is 16.2. The van der Waals surface area contributed by atoms with E-state index in [0.29, 0.717) is 11.4 Å². The maximum atomic E-state index is 11.5. The Morgan fingerprint density at radius 1 is 0.781 bits per heavy atom. The van der Waals surface area contributed by atoms with Crippen molar-refractivity contribution in [3.63, 3.8) is 0 Å². The summed E-state index contributed by atoms with van der Waals surface area (Å²) >= 11 is 0. The van der Waals surface area contributed by atoms with Gasteiger partial charge in [0.15, 0.2) is 0 Å². The number of benzene rings is 2. The summed E-state index contributed by atoms with van der Waals surface area (Å²) < 4.78 is 30.8. The molecule has 2 aromatic rings. The fraction of sp³-hybridized carbons (Fsp3) is 0.500. The molecule has 0 amide bonds. The summed E-state index contributed by atoms with van der Waals surface area (Å²) in [6.07, 6.45) is 7.95. The van der Waals surface area contributed by atoms with E-state index in [9.17, 15) is 8.42 Å². The van der Waals surface area contributed by atoms with Crippen LogP contribution in [-0.2, 0) is 22.9 Å². The number of sulfonamides is 1. The molecule has 8 heteroatoms. The number of anilines is 1. The van der Waals surface area contributed by atoms with Crippen LogP contribution in [0.1, 0.15) is 36.8 Å². The van der Waals surface area contributed by atoms with Gasteiger partial charge in [0.05, 0.1) is 19.1 Å². The highest BCUT2D eigenvalue weighted by atomic mass is 35.5. The van der Waals surface area contributed by atoms with Crippen molar-refractivity contribution in [2.24, 2.45) is 0 Å². The van der Waals surface area contributed by atoms with E-state index < -0.39 is 10.0 Å². The van der Waals surface area contributed by atoms with Crippen molar-refractivity contribution in [2.45, 2.75) is 38.5 Å². The van der Waals surface area contributed by atoms with Crippen molar-refractivity contribution in [3.05, 3.63) is 59.7 Å². The Balaban J connectivity index is 0.00000512. The molecule has 0 bridgehead atoms. The first-order valence-corrected chi connectivity index (χ1v) is 13.0. The number of rotatable bonds is 16. The fourth-order valence-electron chi connectivity index (χ4n) is 3.40. The predicted molar refractivity (Wildman–Crippen MR) is 137 cm³/mol. The van der Waals surface area contributed by atoms with Gasteiger partial charge in [0, 0.05) is 0 Å². The molecule has 0 fully saturated rings. The average Bonchev–Trinajstić information content (AvgIpc) is 2.74. The minimum atomic E-state index is -3.34. The molecule has 32 heavy (non-hydrogen) atoms. The van der Waals surface area contributed by atoms with E-state index in [1.807, 2.05) is 12.1 Å². The molecule has 0 aliphatic rings. The highest BCUT2D eigenvalue weighted by molar-refractivity contribution is 7.92. The van der Waals surface area contributed by atoms with Gasteiger partial charge < -0.3 is 15.4 Å². The second kappa shape index (κ2) is 15.9. The highest BCUT2D eigenvalue weighted by Crippen LogP contribution is 2.26. The van der Waals surface area contributed by atoms with Gasteiger partial charge in [-0.1, -0.05) is 49.2 Å². The lowest BCUT2D eigenvalue weighted by molar-refractivity contribution is 0.416. The second-order valence-corrected chi connectivity index (χ2v) is 9.56. The third-order valence-electron chi connectivity index (χ3n) is 5.04. The molecule has 0 aromatic heterocycles. The van der Waals surface area contributed by atoms with Crippen LogP contribution in [0.5, 0.6) is 5.75 Å². The number of halogens is 1. The zero-order valence-electron chi connectivity index (χ0n) is 19.2. The Morgan fingerprint density at radius 3 is 1.94 bits per heavy atom. The number of hydrogen-bond donors (Lipinski definition) is 3. The van der Waals surface area contributed by atoms with Gasteiger partial charge in [-0.2, -0.15) is 0 Å². The standard InChI is InChI=1S/C24H37N3O3S.ClH/c1-30-24-13-12-22(20-23(24)27-31(2,28)29)15-19-26-17-9-4-3-8-16-25-18-14-21-10-6-5-7-11-21;/h5-7,10-13,20,25-27H,3-4,8-9,14-19H2,1-2H3;1H. The van der Waals surface area contributed by atoms with Crippen molar-refractivity contribution in [1.29, 1.82) is 0 Å². The van der Waals surface area contributed by atoms with Crippen LogP contribution in [0.4, 0.5) is 5.69 Å². The first kappa shape index (κ1) is 28.2. The molecular formula is C24H38ClN3O3S. The fourth-order valence-corrected chi connectivity index (χ4v) is 3.96. The molecule has 0 saturated carbocycles. The molecule has 0 heterocycles. The maximum absolute atomic E-state index is 11.5. The molecule has 0 atom stereocenters. The third kappa shape index (κ3) is 12.3. The molecule has 2 rings (SSSR count). The lowest BCUT2D eigenvalue weighted by atomic mass is 10.1. The lowest BCUT2D eigenvalue weighted by Crippen LogP contribution is -2.19. The summed E-state index contributed by atoms with van der Waals surface area (Å²) in [6.45, 7) is 4.00. The summed E-state index contributed by atoms with van der Waals surface area (Å²) in [7, 11) is -1.80. The van der Waals surface area contributed by atoms with Gasteiger partial charge in [0.2, 0.25) is 10.0 Å². The Kier molecular flexibility index (Phi) is 14.0. The molecule has 0 spiro atoms. The van der Waals surface area contributed by atoms with E-state index in [1.54, 1.807) is 6.07 Å². The summed E-state index contributed by atoms with van der Waals surface area (Å²) in [5.41, 5.74) is 2.94. The van der Waals surface area contributed by atoms with E-state index in [1.165, 1.54) is 38.4 Å². The largest absolute Gasteiger partial charge is 0.495 e. The highest BCUT2D eigenvalue weighted by Gasteiger charge is 2.09. The van der Waals surface area contributed by atoms with Gasteiger partial charge in [0.25, 0.3) is 0 Å². The van der Waals surface area contributed by atoms with Crippen molar-refractivity contribution < 1.29 is 13.2 Å². The molecule has 2 aromatic carbocycles. The van der Waals surface area contributed by atoms with Crippen LogP contribution in [0.15, 0.2) is 48.5 Å². The quantitative estimate of drug-likeness (QED) is 0.314. The van der Waals surface area contributed by atoms with Gasteiger partial charge >= 0.3 is 0 Å². The van der Waals surface area contributed by atoms with Crippen LogP contribution >= 0.6 is 12.4 Å². The smallest absolute Gasteiger partial charge is 0.229 e. The SMILES string of the molecule is COc1ccc(CCNCCCCCCNCCc2ccccc2)cc1NS(C)(=O)=O.Cl. The molecule has 0 aliphatic heterocycles. The number of methoxy groups -OCH3 is 1. The number of ether oxygens (including phenoxy) is 1. The molecule has 0 radical (unpaired) electrons. The van der Waals surface area contributed by atoms with E-state index in [-0.39, 0.29) is 12.4 Å². The zero-order chi connectivity index (χ0) is 22.4. The first-order valence-electron chi connectivity index (χ1n) is 11.1.